The first kappa shape index (κ1) is 20.9. The van der Waals surface area contributed by atoms with E-state index in [4.69, 9.17) is 9.47 Å². The second-order valence-corrected chi connectivity index (χ2v) is 8.10. The van der Waals surface area contributed by atoms with Crippen LogP contribution in [0.1, 0.15) is 5.56 Å². The highest BCUT2D eigenvalue weighted by Crippen LogP contribution is 2.46. The van der Waals surface area contributed by atoms with Crippen molar-refractivity contribution in [2.75, 3.05) is 36.7 Å². The van der Waals surface area contributed by atoms with Crippen LogP contribution in [0, 0.1) is 15.5 Å². The fourth-order valence-electron chi connectivity index (χ4n) is 4.89. The van der Waals surface area contributed by atoms with E-state index in [0.717, 1.165) is 4.90 Å². The Labute approximate surface area is 188 Å². The Balaban J connectivity index is 1.64. The summed E-state index contributed by atoms with van der Waals surface area (Å²) in [5.74, 6) is -0.890. The van der Waals surface area contributed by atoms with Crippen LogP contribution >= 0.6 is 0 Å². The molecule has 0 saturated carbocycles. The highest BCUT2D eigenvalue weighted by Gasteiger charge is 2.63. The van der Waals surface area contributed by atoms with E-state index in [1.54, 1.807) is 30.3 Å². The van der Waals surface area contributed by atoms with Gasteiger partial charge in [-0.05, 0) is 35.9 Å². The zero-order valence-electron chi connectivity index (χ0n) is 17.6. The summed E-state index contributed by atoms with van der Waals surface area (Å²) in [6.45, 7) is 0.869. The lowest BCUT2D eigenvalue weighted by Crippen LogP contribution is -2.74. The van der Waals surface area contributed by atoms with Crippen LogP contribution in [0.2, 0.25) is 0 Å². The van der Waals surface area contributed by atoms with Gasteiger partial charge in [-0.3, -0.25) is 25.0 Å². The number of rotatable bonds is 3. The summed E-state index contributed by atoms with van der Waals surface area (Å²) in [4.78, 5) is 53.7. The number of hydrogen-bond donors (Lipinski definition) is 1. The number of fused-ring (bicyclic) bond motifs is 4. The van der Waals surface area contributed by atoms with Gasteiger partial charge in [0.1, 0.15) is 5.75 Å². The molecule has 0 radical (unpaired) electrons. The van der Waals surface area contributed by atoms with Crippen LogP contribution in [0.25, 0.3) is 0 Å². The summed E-state index contributed by atoms with van der Waals surface area (Å²) in [6.07, 6.45) is -0.0981. The second kappa shape index (κ2) is 7.55. The monoisotopic (exact) mass is 452 g/mol. The van der Waals surface area contributed by atoms with E-state index < -0.39 is 34.2 Å². The maximum atomic E-state index is 14.0. The number of barbiturate groups is 1. The van der Waals surface area contributed by atoms with Crippen molar-refractivity contribution in [2.24, 2.45) is 5.41 Å². The van der Waals surface area contributed by atoms with E-state index in [9.17, 15) is 24.5 Å². The third kappa shape index (κ3) is 3.04. The average molecular weight is 452 g/mol. The largest absolute Gasteiger partial charge is 0.497 e. The number of morpholine rings is 1. The van der Waals surface area contributed by atoms with Crippen LogP contribution in [0.4, 0.5) is 21.9 Å². The summed E-state index contributed by atoms with van der Waals surface area (Å²) in [5, 5.41) is 13.7. The summed E-state index contributed by atoms with van der Waals surface area (Å²) >= 11 is 0. The van der Waals surface area contributed by atoms with Gasteiger partial charge in [0.15, 0.2) is 5.41 Å². The van der Waals surface area contributed by atoms with E-state index >= 15 is 0 Å². The van der Waals surface area contributed by atoms with E-state index in [-0.39, 0.29) is 24.4 Å². The number of imide groups is 2. The number of ether oxygens (including phenoxy) is 2. The normalized spacial score (nSPS) is 24.3. The molecule has 3 aliphatic rings. The SMILES string of the molecule is COc1ccc(N2C(=O)NC(=O)[C@]3(Cc4cc([N+](=O)[O-])ccc4N4CCOC[C@@H]43)C2=O)cc1. The lowest BCUT2D eigenvalue weighted by molar-refractivity contribution is -0.384. The molecule has 1 N–H and O–H groups in total. The molecule has 11 nitrogen and oxygen atoms in total. The minimum atomic E-state index is -1.70. The average Bonchev–Trinajstić information content (AvgIpc) is 2.82. The number of nitro groups is 1. The highest BCUT2D eigenvalue weighted by molar-refractivity contribution is 6.30. The van der Waals surface area contributed by atoms with Crippen molar-refractivity contribution in [3.63, 3.8) is 0 Å². The molecule has 4 amide bonds. The Hall–Kier alpha value is -3.99. The molecule has 0 unspecified atom stereocenters. The summed E-state index contributed by atoms with van der Waals surface area (Å²) in [5.41, 5.74) is -0.347. The Morgan fingerprint density at radius 2 is 1.94 bits per heavy atom. The number of carbonyl (C=O) groups excluding carboxylic acids is 3. The number of carbonyl (C=O) groups is 3. The van der Waals surface area contributed by atoms with Crippen molar-refractivity contribution < 1.29 is 28.8 Å². The van der Waals surface area contributed by atoms with Gasteiger partial charge in [0.2, 0.25) is 5.91 Å². The molecular weight excluding hydrogens is 432 g/mol. The standard InChI is InChI=1S/C22H20N4O7/c1-32-16-5-2-14(3-6-16)25-20(28)22(19(27)23-21(25)29)11-13-10-15(26(30)31)4-7-17(13)24-8-9-33-12-18(22)24/h2-7,10,18H,8-9,11-12H2,1H3,(H,23,27,29)/t18-,22-/m1/s1. The van der Waals surface area contributed by atoms with Gasteiger partial charge in [-0.25, -0.2) is 9.69 Å². The first-order valence-electron chi connectivity index (χ1n) is 10.3. The number of hydrogen-bond acceptors (Lipinski definition) is 8. The fourth-order valence-corrected chi connectivity index (χ4v) is 4.89. The minimum absolute atomic E-state index is 0.0975. The molecule has 2 saturated heterocycles. The van der Waals surface area contributed by atoms with Gasteiger partial charge in [0.25, 0.3) is 11.6 Å². The lowest BCUT2D eigenvalue weighted by atomic mass is 9.68. The Bertz CT molecular complexity index is 1180. The quantitative estimate of drug-likeness (QED) is 0.422. The molecule has 33 heavy (non-hydrogen) atoms. The van der Waals surface area contributed by atoms with E-state index in [1.807, 2.05) is 4.90 Å². The predicted octanol–water partition coefficient (Wildman–Crippen LogP) is 1.63. The Kier molecular flexibility index (Phi) is 4.78. The third-order valence-electron chi connectivity index (χ3n) is 6.49. The predicted molar refractivity (Wildman–Crippen MR) is 115 cm³/mol. The minimum Gasteiger partial charge on any atom is -0.497 e. The molecule has 1 spiro atoms. The number of anilines is 2. The summed E-state index contributed by atoms with van der Waals surface area (Å²) in [6, 6.07) is 9.21. The van der Waals surface area contributed by atoms with Gasteiger partial charge in [-0.15, -0.1) is 0 Å². The van der Waals surface area contributed by atoms with Crippen LogP contribution in [0.3, 0.4) is 0 Å². The molecule has 2 aromatic carbocycles. The number of nitrogens with one attached hydrogen (secondary N) is 1. The van der Waals surface area contributed by atoms with Crippen molar-refractivity contribution in [3.05, 3.63) is 58.1 Å². The van der Waals surface area contributed by atoms with Gasteiger partial charge in [0.05, 0.1) is 37.0 Å². The van der Waals surface area contributed by atoms with Crippen LogP contribution in [-0.2, 0) is 20.7 Å². The summed E-state index contributed by atoms with van der Waals surface area (Å²) in [7, 11) is 1.50. The van der Waals surface area contributed by atoms with Crippen molar-refractivity contribution in [3.8, 4) is 5.75 Å². The molecule has 0 bridgehead atoms. The maximum absolute atomic E-state index is 14.0. The number of methoxy groups -OCH3 is 1. The molecular formula is C22H20N4O7. The molecule has 170 valence electrons. The third-order valence-corrected chi connectivity index (χ3v) is 6.49. The second-order valence-electron chi connectivity index (χ2n) is 8.10. The van der Waals surface area contributed by atoms with Crippen molar-refractivity contribution in [1.29, 1.82) is 0 Å². The van der Waals surface area contributed by atoms with Gasteiger partial charge in [-0.2, -0.15) is 0 Å². The van der Waals surface area contributed by atoms with Gasteiger partial charge >= 0.3 is 6.03 Å². The number of non-ortho nitro benzene ring substituents is 1. The van der Waals surface area contributed by atoms with Crippen LogP contribution in [0.5, 0.6) is 5.75 Å². The molecule has 2 atom stereocenters. The first-order chi connectivity index (χ1) is 15.9. The number of nitrogens with zero attached hydrogens (tertiary/aromatic N) is 3. The lowest BCUT2D eigenvalue weighted by Gasteiger charge is -2.53. The highest BCUT2D eigenvalue weighted by atomic mass is 16.6. The smallest absolute Gasteiger partial charge is 0.335 e. The molecule has 2 fully saturated rings. The zero-order chi connectivity index (χ0) is 23.3. The molecule has 3 heterocycles. The van der Waals surface area contributed by atoms with Gasteiger partial charge < -0.3 is 14.4 Å². The molecule has 3 aliphatic heterocycles. The number of benzene rings is 2. The van der Waals surface area contributed by atoms with Crippen molar-refractivity contribution in [2.45, 2.75) is 12.5 Å². The van der Waals surface area contributed by atoms with Crippen LogP contribution in [0.15, 0.2) is 42.5 Å². The van der Waals surface area contributed by atoms with Gasteiger partial charge in [-0.1, -0.05) is 0 Å². The van der Waals surface area contributed by atoms with E-state index in [2.05, 4.69) is 5.32 Å². The van der Waals surface area contributed by atoms with Crippen LogP contribution < -0.4 is 19.9 Å². The van der Waals surface area contributed by atoms with Gasteiger partial charge in [0, 0.05) is 30.8 Å². The molecule has 5 rings (SSSR count). The van der Waals surface area contributed by atoms with Crippen molar-refractivity contribution >= 4 is 34.9 Å². The molecule has 11 heteroatoms. The zero-order valence-corrected chi connectivity index (χ0v) is 17.6. The number of nitro benzene ring substituents is 1. The molecule has 0 aliphatic carbocycles. The fraction of sp³-hybridized carbons (Fsp3) is 0.318. The molecule has 0 aromatic heterocycles. The summed E-state index contributed by atoms with van der Waals surface area (Å²) < 4.78 is 10.8. The first-order valence-corrected chi connectivity index (χ1v) is 10.3. The topological polar surface area (TPSA) is 131 Å². The maximum Gasteiger partial charge on any atom is 0.335 e. The van der Waals surface area contributed by atoms with Crippen molar-refractivity contribution in [1.82, 2.24) is 5.32 Å². The molecule has 2 aromatic rings. The van der Waals surface area contributed by atoms with E-state index in [0.29, 0.717) is 30.2 Å². The number of urea groups is 1. The number of amides is 4. The van der Waals surface area contributed by atoms with Crippen LogP contribution in [-0.4, -0.2) is 55.7 Å². The van der Waals surface area contributed by atoms with E-state index in [1.165, 1.54) is 19.2 Å². The Morgan fingerprint density at radius 1 is 1.18 bits per heavy atom. The Morgan fingerprint density at radius 3 is 2.64 bits per heavy atom.